The van der Waals surface area contributed by atoms with Gasteiger partial charge in [-0.3, -0.25) is 0 Å². The first kappa shape index (κ1) is 13.0. The van der Waals surface area contributed by atoms with Crippen molar-refractivity contribution in [2.75, 3.05) is 7.11 Å². The van der Waals surface area contributed by atoms with Crippen LogP contribution in [-0.4, -0.2) is 12.6 Å². The molecule has 2 nitrogen and oxygen atoms in total. The molecule has 0 bridgehead atoms. The van der Waals surface area contributed by atoms with Crippen LogP contribution >= 0.6 is 0 Å². The van der Waals surface area contributed by atoms with Crippen LogP contribution in [0.3, 0.4) is 0 Å². The van der Waals surface area contributed by atoms with E-state index in [0.29, 0.717) is 0 Å². The first-order valence-corrected chi connectivity index (χ1v) is 7.61. The maximum atomic E-state index is 6.72. The van der Waals surface area contributed by atoms with Crippen molar-refractivity contribution in [1.29, 1.82) is 0 Å². The molecule has 2 heteroatoms. The number of nitrogens with two attached hydrogens (primary N) is 1. The van der Waals surface area contributed by atoms with E-state index in [9.17, 15) is 0 Å². The highest BCUT2D eigenvalue weighted by Gasteiger charge is 2.40. The zero-order chi connectivity index (χ0) is 13.3. The molecule has 2 saturated carbocycles. The SMILES string of the molecule is COc1ccccc1CC1(N)CCCC(C2CC2)C1. The van der Waals surface area contributed by atoms with Gasteiger partial charge in [-0.1, -0.05) is 31.0 Å². The maximum absolute atomic E-state index is 6.72. The molecule has 0 saturated heterocycles. The van der Waals surface area contributed by atoms with Gasteiger partial charge >= 0.3 is 0 Å². The highest BCUT2D eigenvalue weighted by atomic mass is 16.5. The first-order valence-electron chi connectivity index (χ1n) is 7.61. The summed E-state index contributed by atoms with van der Waals surface area (Å²) in [5, 5.41) is 0. The number of rotatable bonds is 4. The highest BCUT2D eigenvalue weighted by molar-refractivity contribution is 5.34. The lowest BCUT2D eigenvalue weighted by Gasteiger charge is -2.38. The molecule has 2 aliphatic carbocycles. The van der Waals surface area contributed by atoms with Gasteiger partial charge in [0.25, 0.3) is 0 Å². The largest absolute Gasteiger partial charge is 0.496 e. The predicted molar refractivity (Wildman–Crippen MR) is 78.3 cm³/mol. The van der Waals surface area contributed by atoms with Gasteiger partial charge in [0.05, 0.1) is 7.11 Å². The van der Waals surface area contributed by atoms with Crippen LogP contribution in [0, 0.1) is 11.8 Å². The number of benzene rings is 1. The summed E-state index contributed by atoms with van der Waals surface area (Å²) in [6, 6.07) is 8.32. The van der Waals surface area contributed by atoms with Gasteiger partial charge in [-0.05, 0) is 55.6 Å². The molecule has 19 heavy (non-hydrogen) atoms. The summed E-state index contributed by atoms with van der Waals surface area (Å²) in [6.45, 7) is 0. The quantitative estimate of drug-likeness (QED) is 0.897. The zero-order valence-electron chi connectivity index (χ0n) is 11.9. The van der Waals surface area contributed by atoms with Crippen LogP contribution in [0.5, 0.6) is 5.75 Å². The fourth-order valence-electron chi connectivity index (χ4n) is 3.80. The Morgan fingerprint density at radius 1 is 1.21 bits per heavy atom. The van der Waals surface area contributed by atoms with Crippen LogP contribution in [-0.2, 0) is 6.42 Å². The van der Waals surface area contributed by atoms with Crippen molar-refractivity contribution in [2.24, 2.45) is 17.6 Å². The second-order valence-corrected chi connectivity index (χ2v) is 6.54. The molecule has 1 aromatic carbocycles. The molecular weight excluding hydrogens is 234 g/mol. The van der Waals surface area contributed by atoms with Crippen molar-refractivity contribution in [2.45, 2.75) is 50.5 Å². The molecule has 1 aromatic rings. The lowest BCUT2D eigenvalue weighted by atomic mass is 9.71. The zero-order valence-corrected chi connectivity index (χ0v) is 11.9. The fraction of sp³-hybridized carbons (Fsp3) is 0.647. The third-order valence-electron chi connectivity index (χ3n) is 4.94. The van der Waals surface area contributed by atoms with Crippen molar-refractivity contribution in [1.82, 2.24) is 0 Å². The van der Waals surface area contributed by atoms with Crippen molar-refractivity contribution in [3.8, 4) is 5.75 Å². The third kappa shape index (κ3) is 2.94. The van der Waals surface area contributed by atoms with Crippen molar-refractivity contribution < 1.29 is 4.74 Å². The molecule has 104 valence electrons. The lowest BCUT2D eigenvalue weighted by Crippen LogP contribution is -2.46. The second kappa shape index (κ2) is 5.16. The number of hydrogen-bond donors (Lipinski definition) is 1. The van der Waals surface area contributed by atoms with Gasteiger partial charge in [0.2, 0.25) is 0 Å². The minimum atomic E-state index is -0.0137. The van der Waals surface area contributed by atoms with E-state index in [4.69, 9.17) is 10.5 Å². The van der Waals surface area contributed by atoms with Crippen molar-refractivity contribution >= 4 is 0 Å². The van der Waals surface area contributed by atoms with E-state index in [-0.39, 0.29) is 5.54 Å². The Balaban J connectivity index is 1.73. The van der Waals surface area contributed by atoms with Crippen LogP contribution in [0.25, 0.3) is 0 Å². The van der Waals surface area contributed by atoms with E-state index in [1.807, 2.05) is 12.1 Å². The van der Waals surface area contributed by atoms with Gasteiger partial charge in [0.15, 0.2) is 0 Å². The van der Waals surface area contributed by atoms with E-state index in [1.165, 1.54) is 37.7 Å². The molecule has 3 rings (SSSR count). The minimum Gasteiger partial charge on any atom is -0.496 e. The molecule has 0 aliphatic heterocycles. The van der Waals surface area contributed by atoms with Crippen molar-refractivity contribution in [3.63, 3.8) is 0 Å². The maximum Gasteiger partial charge on any atom is 0.122 e. The van der Waals surface area contributed by atoms with E-state index in [2.05, 4.69) is 12.1 Å². The molecule has 0 spiro atoms. The highest BCUT2D eigenvalue weighted by Crippen LogP contribution is 2.46. The third-order valence-corrected chi connectivity index (χ3v) is 4.94. The summed E-state index contributed by atoms with van der Waals surface area (Å²) in [7, 11) is 1.75. The van der Waals surface area contributed by atoms with E-state index < -0.39 is 0 Å². The number of para-hydroxylation sites is 1. The number of methoxy groups -OCH3 is 1. The average Bonchev–Trinajstić information content (AvgIpc) is 3.23. The standard InChI is InChI=1S/C17H25NO/c1-19-16-7-3-2-5-15(16)12-17(18)10-4-6-14(11-17)13-8-9-13/h2-3,5,7,13-14H,4,6,8-12,18H2,1H3. The minimum absolute atomic E-state index is 0.0137. The molecule has 0 heterocycles. The van der Waals surface area contributed by atoms with Gasteiger partial charge in [-0.15, -0.1) is 0 Å². The fourth-order valence-corrected chi connectivity index (χ4v) is 3.80. The Morgan fingerprint density at radius 3 is 2.74 bits per heavy atom. The first-order chi connectivity index (χ1) is 9.20. The molecule has 2 unspecified atom stereocenters. The molecular formula is C17H25NO. The van der Waals surface area contributed by atoms with Gasteiger partial charge in [0, 0.05) is 5.54 Å². The van der Waals surface area contributed by atoms with Crippen LogP contribution < -0.4 is 10.5 Å². The smallest absolute Gasteiger partial charge is 0.122 e. The monoisotopic (exact) mass is 259 g/mol. The Bertz CT molecular complexity index is 441. The van der Waals surface area contributed by atoms with Gasteiger partial charge in [-0.2, -0.15) is 0 Å². The molecule has 2 fully saturated rings. The predicted octanol–water partition coefficient (Wildman–Crippen LogP) is 3.54. The average molecular weight is 259 g/mol. The molecule has 0 radical (unpaired) electrons. The number of hydrogen-bond acceptors (Lipinski definition) is 2. The van der Waals surface area contributed by atoms with E-state index in [0.717, 1.165) is 30.4 Å². The second-order valence-electron chi connectivity index (χ2n) is 6.54. The summed E-state index contributed by atoms with van der Waals surface area (Å²) in [4.78, 5) is 0. The van der Waals surface area contributed by atoms with Crippen LogP contribution in [0.4, 0.5) is 0 Å². The van der Waals surface area contributed by atoms with E-state index in [1.54, 1.807) is 7.11 Å². The topological polar surface area (TPSA) is 35.2 Å². The summed E-state index contributed by atoms with van der Waals surface area (Å²) in [5.41, 5.74) is 7.97. The Morgan fingerprint density at radius 2 is 2.00 bits per heavy atom. The number of ether oxygens (including phenoxy) is 1. The van der Waals surface area contributed by atoms with Crippen LogP contribution in [0.1, 0.15) is 44.1 Å². The van der Waals surface area contributed by atoms with Crippen LogP contribution in [0.15, 0.2) is 24.3 Å². The summed E-state index contributed by atoms with van der Waals surface area (Å²) in [6.07, 6.45) is 8.90. The summed E-state index contributed by atoms with van der Waals surface area (Å²) in [5.74, 6) is 2.86. The Kier molecular flexibility index (Phi) is 3.53. The summed E-state index contributed by atoms with van der Waals surface area (Å²) >= 11 is 0. The molecule has 0 aromatic heterocycles. The normalized spacial score (nSPS) is 31.2. The van der Waals surface area contributed by atoms with E-state index >= 15 is 0 Å². The molecule has 2 atom stereocenters. The van der Waals surface area contributed by atoms with Gasteiger partial charge in [-0.25, -0.2) is 0 Å². The molecule has 0 amide bonds. The summed E-state index contributed by atoms with van der Waals surface area (Å²) < 4.78 is 5.46. The van der Waals surface area contributed by atoms with Crippen LogP contribution in [0.2, 0.25) is 0 Å². The lowest BCUT2D eigenvalue weighted by molar-refractivity contribution is 0.203. The Hall–Kier alpha value is -1.02. The van der Waals surface area contributed by atoms with Gasteiger partial charge < -0.3 is 10.5 Å². The molecule has 2 aliphatic rings. The van der Waals surface area contributed by atoms with Gasteiger partial charge in [0.1, 0.15) is 5.75 Å². The van der Waals surface area contributed by atoms with Crippen molar-refractivity contribution in [3.05, 3.63) is 29.8 Å². The Labute approximate surface area is 116 Å². The molecule has 2 N–H and O–H groups in total.